The molecule has 2 aromatic rings. The van der Waals surface area contributed by atoms with Crippen LogP contribution in [0.5, 0.6) is 0 Å². The molecule has 1 aromatic carbocycles. The molecule has 2 N–H and O–H groups in total. The Morgan fingerprint density at radius 2 is 1.74 bits per heavy atom. The van der Waals surface area contributed by atoms with Gasteiger partial charge in [0.1, 0.15) is 5.69 Å². The van der Waals surface area contributed by atoms with E-state index in [1.807, 2.05) is 12.1 Å². The topological polar surface area (TPSA) is 68.4 Å². The Morgan fingerprint density at radius 1 is 1.07 bits per heavy atom. The first kappa shape index (κ1) is 19.3. The highest BCUT2D eigenvalue weighted by Crippen LogP contribution is 2.14. The zero-order chi connectivity index (χ0) is 19.2. The van der Waals surface area contributed by atoms with Crippen LogP contribution < -0.4 is 5.32 Å². The van der Waals surface area contributed by atoms with E-state index in [0.29, 0.717) is 17.8 Å². The highest BCUT2D eigenvalue weighted by Gasteiger charge is 2.17. The summed E-state index contributed by atoms with van der Waals surface area (Å²) >= 11 is 0. The molecule has 1 fully saturated rings. The number of likely N-dealkylation sites (N-methyl/N-ethyl adjacent to an activating group) is 1. The molecule has 144 valence electrons. The fourth-order valence-corrected chi connectivity index (χ4v) is 3.39. The summed E-state index contributed by atoms with van der Waals surface area (Å²) in [6.45, 7) is 10.6. The van der Waals surface area contributed by atoms with Gasteiger partial charge in [0.25, 0.3) is 5.91 Å². The quantitative estimate of drug-likeness (QED) is 0.736. The highest BCUT2D eigenvalue weighted by atomic mass is 16.2. The highest BCUT2D eigenvalue weighted by molar-refractivity contribution is 5.99. The van der Waals surface area contributed by atoms with Gasteiger partial charge in [0.05, 0.1) is 0 Å². The van der Waals surface area contributed by atoms with Gasteiger partial charge in [-0.2, -0.15) is 0 Å². The van der Waals surface area contributed by atoms with Crippen LogP contribution in [0.2, 0.25) is 0 Å². The van der Waals surface area contributed by atoms with Crippen molar-refractivity contribution in [3.05, 3.63) is 58.9 Å². The van der Waals surface area contributed by atoms with Crippen LogP contribution in [0.25, 0.3) is 0 Å². The zero-order valence-electron chi connectivity index (χ0n) is 16.1. The number of nitrogens with zero attached hydrogens (tertiary/aromatic N) is 2. The maximum atomic E-state index is 12.4. The third kappa shape index (κ3) is 5.05. The Labute approximate surface area is 160 Å². The van der Waals surface area contributed by atoms with Gasteiger partial charge in [-0.15, -0.1) is 0 Å². The number of amides is 1. The molecule has 0 saturated carbocycles. The van der Waals surface area contributed by atoms with Crippen molar-refractivity contribution in [1.82, 2.24) is 20.1 Å². The second kappa shape index (κ2) is 8.97. The third-order valence-electron chi connectivity index (χ3n) is 5.20. The number of aromatic nitrogens is 1. The molecule has 1 amide bonds. The number of benzene rings is 1. The van der Waals surface area contributed by atoms with Gasteiger partial charge in [-0.3, -0.25) is 14.5 Å². The van der Waals surface area contributed by atoms with Crippen molar-refractivity contribution in [2.75, 3.05) is 32.7 Å². The van der Waals surface area contributed by atoms with Crippen molar-refractivity contribution >= 4 is 11.7 Å². The number of rotatable bonds is 7. The van der Waals surface area contributed by atoms with Crippen LogP contribution in [0.1, 0.15) is 45.8 Å². The van der Waals surface area contributed by atoms with Crippen molar-refractivity contribution in [3.8, 4) is 0 Å². The summed E-state index contributed by atoms with van der Waals surface area (Å²) in [5.74, 6) is -0.257. The van der Waals surface area contributed by atoms with Crippen molar-refractivity contribution in [3.63, 3.8) is 0 Å². The van der Waals surface area contributed by atoms with E-state index >= 15 is 0 Å². The lowest BCUT2D eigenvalue weighted by Gasteiger charge is -2.34. The van der Waals surface area contributed by atoms with Gasteiger partial charge in [-0.1, -0.05) is 31.2 Å². The SMILES string of the molecule is CCN1CCN(Cc2ccccc2CNC(=O)c2cc(C(C)=O)c[nH]2)CC1. The van der Waals surface area contributed by atoms with E-state index in [-0.39, 0.29) is 11.7 Å². The van der Waals surface area contributed by atoms with Crippen molar-refractivity contribution in [2.45, 2.75) is 26.9 Å². The number of nitrogens with one attached hydrogen (secondary N) is 2. The molecule has 0 unspecified atom stereocenters. The lowest BCUT2D eigenvalue weighted by Crippen LogP contribution is -2.45. The van der Waals surface area contributed by atoms with E-state index in [9.17, 15) is 9.59 Å². The Hall–Kier alpha value is -2.44. The van der Waals surface area contributed by atoms with Crippen LogP contribution in [-0.2, 0) is 13.1 Å². The second-order valence-corrected chi connectivity index (χ2v) is 7.02. The molecule has 0 spiro atoms. The lowest BCUT2D eigenvalue weighted by atomic mass is 10.1. The maximum Gasteiger partial charge on any atom is 0.267 e. The summed E-state index contributed by atoms with van der Waals surface area (Å²) in [5, 5.41) is 2.95. The monoisotopic (exact) mass is 368 g/mol. The zero-order valence-corrected chi connectivity index (χ0v) is 16.1. The average molecular weight is 368 g/mol. The predicted molar refractivity (Wildman–Crippen MR) is 106 cm³/mol. The average Bonchev–Trinajstić information content (AvgIpc) is 3.18. The minimum Gasteiger partial charge on any atom is -0.356 e. The lowest BCUT2D eigenvalue weighted by molar-refractivity contribution is 0.0946. The van der Waals surface area contributed by atoms with Crippen LogP contribution in [0, 0.1) is 0 Å². The molecule has 0 aliphatic carbocycles. The smallest absolute Gasteiger partial charge is 0.267 e. The fourth-order valence-electron chi connectivity index (χ4n) is 3.39. The molecule has 0 radical (unpaired) electrons. The molecular formula is C21H28N4O2. The maximum absolute atomic E-state index is 12.4. The fraction of sp³-hybridized carbons (Fsp3) is 0.429. The number of hydrogen-bond donors (Lipinski definition) is 2. The third-order valence-corrected chi connectivity index (χ3v) is 5.20. The molecular weight excluding hydrogens is 340 g/mol. The number of H-pyrrole nitrogens is 1. The Balaban J connectivity index is 1.59. The van der Waals surface area contributed by atoms with Crippen LogP contribution in [0.3, 0.4) is 0 Å². The van der Waals surface area contributed by atoms with Crippen LogP contribution in [0.15, 0.2) is 36.5 Å². The molecule has 0 bridgehead atoms. The minimum atomic E-state index is -0.200. The number of aromatic amines is 1. The van der Waals surface area contributed by atoms with E-state index < -0.39 is 0 Å². The van der Waals surface area contributed by atoms with Gasteiger partial charge < -0.3 is 15.2 Å². The number of Topliss-reactive ketones (excluding diaryl/α,β-unsaturated/α-hetero) is 1. The summed E-state index contributed by atoms with van der Waals surface area (Å²) in [6, 6.07) is 9.84. The molecule has 1 aliphatic rings. The summed E-state index contributed by atoms with van der Waals surface area (Å²) in [6.07, 6.45) is 1.57. The number of ketones is 1. The molecule has 3 rings (SSSR count). The van der Waals surface area contributed by atoms with E-state index in [4.69, 9.17) is 0 Å². The molecule has 1 aromatic heterocycles. The number of carbonyl (C=O) groups is 2. The van der Waals surface area contributed by atoms with Crippen molar-refractivity contribution in [1.29, 1.82) is 0 Å². The van der Waals surface area contributed by atoms with Crippen molar-refractivity contribution in [2.24, 2.45) is 0 Å². The van der Waals surface area contributed by atoms with Crippen molar-refractivity contribution < 1.29 is 9.59 Å². The van der Waals surface area contributed by atoms with Gasteiger partial charge in [0.2, 0.25) is 0 Å². The largest absolute Gasteiger partial charge is 0.356 e. The molecule has 1 saturated heterocycles. The second-order valence-electron chi connectivity index (χ2n) is 7.02. The summed E-state index contributed by atoms with van der Waals surface area (Å²) in [5.41, 5.74) is 3.31. The molecule has 6 nitrogen and oxygen atoms in total. The Kier molecular flexibility index (Phi) is 6.42. The van der Waals surface area contributed by atoms with Gasteiger partial charge in [0, 0.05) is 51.0 Å². The van der Waals surface area contributed by atoms with E-state index in [1.54, 1.807) is 12.3 Å². The van der Waals surface area contributed by atoms with Gasteiger partial charge >= 0.3 is 0 Å². The van der Waals surface area contributed by atoms with Gasteiger partial charge in [0.15, 0.2) is 5.78 Å². The van der Waals surface area contributed by atoms with Crippen LogP contribution in [-0.4, -0.2) is 59.2 Å². The van der Waals surface area contributed by atoms with E-state index in [1.165, 1.54) is 12.5 Å². The molecule has 1 aliphatic heterocycles. The first-order valence-corrected chi connectivity index (χ1v) is 9.56. The predicted octanol–water partition coefficient (Wildman–Crippen LogP) is 2.28. The minimum absolute atomic E-state index is 0.0567. The number of piperazine rings is 1. The van der Waals surface area contributed by atoms with Gasteiger partial charge in [-0.25, -0.2) is 0 Å². The molecule has 0 atom stereocenters. The molecule has 6 heteroatoms. The summed E-state index contributed by atoms with van der Waals surface area (Å²) < 4.78 is 0. The van der Waals surface area contributed by atoms with Crippen LogP contribution >= 0.6 is 0 Å². The first-order chi connectivity index (χ1) is 13.1. The Bertz CT molecular complexity index is 791. The summed E-state index contributed by atoms with van der Waals surface area (Å²) in [4.78, 5) is 31.5. The molecule has 27 heavy (non-hydrogen) atoms. The number of hydrogen-bond acceptors (Lipinski definition) is 4. The van der Waals surface area contributed by atoms with Crippen LogP contribution in [0.4, 0.5) is 0 Å². The number of carbonyl (C=O) groups excluding carboxylic acids is 2. The van der Waals surface area contributed by atoms with E-state index in [0.717, 1.165) is 44.8 Å². The normalized spacial score (nSPS) is 15.6. The van der Waals surface area contributed by atoms with E-state index in [2.05, 4.69) is 39.2 Å². The van der Waals surface area contributed by atoms with Gasteiger partial charge in [-0.05, 0) is 30.7 Å². The summed E-state index contributed by atoms with van der Waals surface area (Å²) in [7, 11) is 0. The Morgan fingerprint density at radius 3 is 2.37 bits per heavy atom. The first-order valence-electron chi connectivity index (χ1n) is 9.56. The molecule has 2 heterocycles. The standard InChI is InChI=1S/C21H28N4O2/c1-3-24-8-10-25(11-9-24)15-18-7-5-4-6-17(18)13-23-21(27)20-12-19(14-22-20)16(2)26/h4-7,12,14,22H,3,8-11,13,15H2,1-2H3,(H,23,27).